The fourth-order valence-corrected chi connectivity index (χ4v) is 1.87. The van der Waals surface area contributed by atoms with Gasteiger partial charge in [-0.3, -0.25) is 4.90 Å². The molecule has 0 spiro atoms. The lowest BCUT2D eigenvalue weighted by Gasteiger charge is -2.28. The van der Waals surface area contributed by atoms with E-state index in [1.54, 1.807) is 4.90 Å². The van der Waals surface area contributed by atoms with Crippen molar-refractivity contribution in [2.75, 3.05) is 26.8 Å². The van der Waals surface area contributed by atoms with Crippen LogP contribution in [-0.4, -0.2) is 48.9 Å². The summed E-state index contributed by atoms with van der Waals surface area (Å²) in [5, 5.41) is 0. The van der Waals surface area contributed by atoms with Gasteiger partial charge < -0.3 is 10.5 Å². The molecule has 0 aromatic rings. The standard InChI is InChI=1S/C10H17F3N2OS/c1-16-5-4-15(7-2-3-7)6-8(9(14)17)10(11,12)13/h7-8H,2-6H2,1H3,(H2,14,17). The minimum atomic E-state index is -4.37. The van der Waals surface area contributed by atoms with Gasteiger partial charge in [-0.1, -0.05) is 12.2 Å². The third kappa shape index (κ3) is 4.77. The summed E-state index contributed by atoms with van der Waals surface area (Å²) in [5.74, 6) is -1.73. The van der Waals surface area contributed by atoms with Crippen molar-refractivity contribution in [3.05, 3.63) is 0 Å². The van der Waals surface area contributed by atoms with Crippen molar-refractivity contribution in [1.29, 1.82) is 0 Å². The average Bonchev–Trinajstić information content (AvgIpc) is 2.99. The molecule has 1 atom stereocenters. The molecule has 1 unspecified atom stereocenters. The number of hydrogen-bond donors (Lipinski definition) is 1. The van der Waals surface area contributed by atoms with Crippen LogP contribution in [0.2, 0.25) is 0 Å². The highest BCUT2D eigenvalue weighted by molar-refractivity contribution is 7.80. The third-order valence-electron chi connectivity index (χ3n) is 2.80. The third-order valence-corrected chi connectivity index (χ3v) is 3.09. The van der Waals surface area contributed by atoms with E-state index in [9.17, 15) is 13.2 Å². The van der Waals surface area contributed by atoms with Gasteiger partial charge in [0.1, 0.15) is 5.92 Å². The lowest BCUT2D eigenvalue weighted by molar-refractivity contribution is -0.159. The molecule has 17 heavy (non-hydrogen) atoms. The van der Waals surface area contributed by atoms with E-state index in [4.69, 9.17) is 10.5 Å². The first-order valence-corrected chi connectivity index (χ1v) is 5.86. The highest BCUT2D eigenvalue weighted by Gasteiger charge is 2.44. The van der Waals surface area contributed by atoms with Gasteiger partial charge in [0, 0.05) is 26.2 Å². The normalized spacial score (nSPS) is 18.4. The van der Waals surface area contributed by atoms with Crippen LogP contribution in [-0.2, 0) is 4.74 Å². The second-order valence-corrected chi connectivity index (χ2v) is 4.69. The van der Waals surface area contributed by atoms with E-state index in [1.165, 1.54) is 7.11 Å². The second kappa shape index (κ2) is 5.97. The first-order valence-electron chi connectivity index (χ1n) is 5.45. The average molecular weight is 270 g/mol. The smallest absolute Gasteiger partial charge is 0.393 e. The van der Waals surface area contributed by atoms with Crippen LogP contribution < -0.4 is 5.73 Å². The Labute approximate surface area is 104 Å². The molecule has 2 N–H and O–H groups in total. The van der Waals surface area contributed by atoms with Gasteiger partial charge in [-0.05, 0) is 12.8 Å². The molecule has 0 aromatic carbocycles. The molecule has 0 aliphatic heterocycles. The minimum absolute atomic E-state index is 0.160. The van der Waals surface area contributed by atoms with Crippen LogP contribution in [0.3, 0.4) is 0 Å². The largest absolute Gasteiger partial charge is 0.399 e. The predicted molar refractivity (Wildman–Crippen MR) is 62.8 cm³/mol. The minimum Gasteiger partial charge on any atom is -0.393 e. The number of rotatable bonds is 7. The molecule has 1 aliphatic rings. The van der Waals surface area contributed by atoms with Crippen LogP contribution in [0.15, 0.2) is 0 Å². The van der Waals surface area contributed by atoms with Crippen LogP contribution >= 0.6 is 12.2 Å². The quantitative estimate of drug-likeness (QED) is 0.713. The van der Waals surface area contributed by atoms with Crippen LogP contribution in [0.25, 0.3) is 0 Å². The zero-order valence-electron chi connectivity index (χ0n) is 9.67. The first-order chi connectivity index (χ1) is 7.86. The van der Waals surface area contributed by atoms with Gasteiger partial charge in [0.2, 0.25) is 0 Å². The number of thiocarbonyl (C=S) groups is 1. The highest BCUT2D eigenvalue weighted by Crippen LogP contribution is 2.32. The van der Waals surface area contributed by atoms with Crippen molar-refractivity contribution in [1.82, 2.24) is 4.90 Å². The van der Waals surface area contributed by atoms with E-state index >= 15 is 0 Å². The molecule has 100 valence electrons. The Bertz CT molecular complexity index is 269. The molecule has 0 saturated heterocycles. The molecule has 7 heteroatoms. The summed E-state index contributed by atoms with van der Waals surface area (Å²) in [6.45, 7) is 0.738. The molecule has 1 aliphatic carbocycles. The van der Waals surface area contributed by atoms with Crippen LogP contribution in [0.4, 0.5) is 13.2 Å². The molecule has 0 heterocycles. The monoisotopic (exact) mass is 270 g/mol. The molecule has 0 aromatic heterocycles. The summed E-state index contributed by atoms with van der Waals surface area (Å²) < 4.78 is 43.0. The van der Waals surface area contributed by atoms with Gasteiger partial charge in [0.25, 0.3) is 0 Å². The van der Waals surface area contributed by atoms with Crippen molar-refractivity contribution in [3.63, 3.8) is 0 Å². The van der Waals surface area contributed by atoms with Crippen molar-refractivity contribution in [2.45, 2.75) is 25.1 Å². The van der Waals surface area contributed by atoms with Gasteiger partial charge in [-0.25, -0.2) is 0 Å². The number of nitrogens with two attached hydrogens (primary N) is 1. The SMILES string of the molecule is COCCN(CC(C(N)=S)C(F)(F)F)C1CC1. The van der Waals surface area contributed by atoms with Crippen LogP contribution in [0, 0.1) is 5.92 Å². The number of halogens is 3. The van der Waals surface area contributed by atoms with E-state index in [-0.39, 0.29) is 12.6 Å². The van der Waals surface area contributed by atoms with Gasteiger partial charge in [0.05, 0.1) is 11.6 Å². The van der Waals surface area contributed by atoms with Gasteiger partial charge >= 0.3 is 6.18 Å². The fourth-order valence-electron chi connectivity index (χ4n) is 1.66. The van der Waals surface area contributed by atoms with E-state index in [0.29, 0.717) is 13.2 Å². The van der Waals surface area contributed by atoms with E-state index < -0.39 is 17.1 Å². The van der Waals surface area contributed by atoms with Crippen LogP contribution in [0.1, 0.15) is 12.8 Å². The van der Waals surface area contributed by atoms with Gasteiger partial charge in [-0.15, -0.1) is 0 Å². The molecule has 1 rings (SSSR count). The van der Waals surface area contributed by atoms with Gasteiger partial charge in [-0.2, -0.15) is 13.2 Å². The Kier molecular flexibility index (Phi) is 5.15. The topological polar surface area (TPSA) is 38.5 Å². The molecule has 1 fully saturated rings. The Balaban J connectivity index is 2.59. The molecular weight excluding hydrogens is 253 g/mol. The second-order valence-electron chi connectivity index (χ2n) is 4.22. The summed E-state index contributed by atoms with van der Waals surface area (Å²) in [7, 11) is 1.53. The van der Waals surface area contributed by atoms with Crippen molar-refractivity contribution in [3.8, 4) is 0 Å². The summed E-state index contributed by atoms with van der Waals surface area (Å²) >= 11 is 4.50. The summed E-state index contributed by atoms with van der Waals surface area (Å²) in [6, 6.07) is 0.226. The van der Waals surface area contributed by atoms with Crippen molar-refractivity contribution < 1.29 is 17.9 Å². The Morgan fingerprint density at radius 2 is 2.12 bits per heavy atom. The summed E-state index contributed by atoms with van der Waals surface area (Å²) in [4.78, 5) is 1.28. The number of hydrogen-bond acceptors (Lipinski definition) is 3. The zero-order chi connectivity index (χ0) is 13.1. The maximum atomic E-state index is 12.7. The molecular formula is C10H17F3N2OS. The number of nitrogens with zero attached hydrogens (tertiary/aromatic N) is 1. The Morgan fingerprint density at radius 3 is 2.47 bits per heavy atom. The number of alkyl halides is 3. The molecule has 0 radical (unpaired) electrons. The number of methoxy groups -OCH3 is 1. The van der Waals surface area contributed by atoms with E-state index in [2.05, 4.69) is 12.2 Å². The lowest BCUT2D eigenvalue weighted by atomic mass is 10.1. The van der Waals surface area contributed by atoms with Crippen molar-refractivity contribution >= 4 is 17.2 Å². The van der Waals surface area contributed by atoms with E-state index in [0.717, 1.165) is 12.8 Å². The molecule has 0 amide bonds. The fraction of sp³-hybridized carbons (Fsp3) is 0.900. The number of ether oxygens (including phenoxy) is 1. The van der Waals surface area contributed by atoms with E-state index in [1.807, 2.05) is 0 Å². The predicted octanol–water partition coefficient (Wildman–Crippen LogP) is 1.56. The summed E-state index contributed by atoms with van der Waals surface area (Å²) in [5.41, 5.74) is 5.17. The molecule has 3 nitrogen and oxygen atoms in total. The highest BCUT2D eigenvalue weighted by atomic mass is 32.1. The maximum Gasteiger partial charge on any atom is 0.399 e. The maximum absolute atomic E-state index is 12.7. The van der Waals surface area contributed by atoms with Crippen molar-refractivity contribution in [2.24, 2.45) is 11.7 Å². The lowest BCUT2D eigenvalue weighted by Crippen LogP contribution is -2.45. The van der Waals surface area contributed by atoms with Crippen LogP contribution in [0.5, 0.6) is 0 Å². The van der Waals surface area contributed by atoms with Gasteiger partial charge in [0.15, 0.2) is 0 Å². The molecule has 1 saturated carbocycles. The molecule has 0 bridgehead atoms. The summed E-state index contributed by atoms with van der Waals surface area (Å²) in [6.07, 6.45) is -2.50. The zero-order valence-corrected chi connectivity index (χ0v) is 10.5. The Morgan fingerprint density at radius 1 is 1.53 bits per heavy atom. The Hall–Kier alpha value is -0.400. The first kappa shape index (κ1) is 14.7.